The van der Waals surface area contributed by atoms with E-state index in [-0.39, 0.29) is 19.0 Å². The molecule has 0 radical (unpaired) electrons. The fraction of sp³-hybridized carbons (Fsp3) is 0.533. The molecule has 1 aromatic rings. The molecule has 0 unspecified atom stereocenters. The minimum Gasteiger partial charge on any atom is -0.314 e. The normalized spacial score (nSPS) is 15.9. The lowest BCUT2D eigenvalue weighted by Gasteiger charge is -2.27. The molecule has 2 N–H and O–H groups in total. The Morgan fingerprint density at radius 3 is 2.50 bits per heavy atom. The molecule has 6 nitrogen and oxygen atoms in total. The van der Waals surface area contributed by atoms with Crippen LogP contribution in [0.25, 0.3) is 0 Å². The van der Waals surface area contributed by atoms with Crippen molar-refractivity contribution in [2.45, 2.75) is 17.5 Å². The number of piperazine rings is 1. The summed E-state index contributed by atoms with van der Waals surface area (Å²) >= 11 is 0. The van der Waals surface area contributed by atoms with Crippen LogP contribution < -0.4 is 10.0 Å². The molecule has 1 heterocycles. The highest BCUT2D eigenvalue weighted by atomic mass is 35.5. The summed E-state index contributed by atoms with van der Waals surface area (Å²) in [5, 5.41) is 12.0. The highest BCUT2D eigenvalue weighted by molar-refractivity contribution is 7.89. The minimum absolute atomic E-state index is 0. The summed E-state index contributed by atoms with van der Waals surface area (Å²) < 4.78 is 65.5. The third kappa shape index (κ3) is 6.10. The van der Waals surface area contributed by atoms with Gasteiger partial charge in [0, 0.05) is 32.7 Å². The molecule has 1 fully saturated rings. The molecule has 0 aliphatic carbocycles. The molecule has 0 spiro atoms. The van der Waals surface area contributed by atoms with E-state index in [4.69, 9.17) is 5.26 Å². The zero-order valence-corrected chi connectivity index (χ0v) is 15.5. The van der Waals surface area contributed by atoms with E-state index in [9.17, 15) is 21.6 Å². The van der Waals surface area contributed by atoms with Gasteiger partial charge in [-0.05, 0) is 31.2 Å². The number of benzene rings is 1. The quantitative estimate of drug-likeness (QED) is 0.693. The van der Waals surface area contributed by atoms with Gasteiger partial charge in [0.2, 0.25) is 10.0 Å². The molecule has 1 aromatic carbocycles. The fourth-order valence-electron chi connectivity index (χ4n) is 2.55. The molecule has 26 heavy (non-hydrogen) atoms. The van der Waals surface area contributed by atoms with Crippen LogP contribution in [0, 0.1) is 11.3 Å². The first kappa shape index (κ1) is 22.7. The fourth-order valence-corrected chi connectivity index (χ4v) is 3.65. The number of hydrogen-bond acceptors (Lipinski definition) is 5. The van der Waals surface area contributed by atoms with E-state index < -0.39 is 32.2 Å². The Balaban J connectivity index is 0.00000338. The van der Waals surface area contributed by atoms with E-state index in [1.165, 1.54) is 6.07 Å². The lowest BCUT2D eigenvalue weighted by Crippen LogP contribution is -2.44. The van der Waals surface area contributed by atoms with Crippen molar-refractivity contribution in [3.8, 4) is 6.07 Å². The predicted octanol–water partition coefficient (Wildman–Crippen LogP) is 1.57. The maximum absolute atomic E-state index is 12.9. The highest BCUT2D eigenvalue weighted by Gasteiger charge is 2.35. The largest absolute Gasteiger partial charge is 0.417 e. The highest BCUT2D eigenvalue weighted by Crippen LogP contribution is 2.33. The lowest BCUT2D eigenvalue weighted by atomic mass is 10.1. The Hall–Kier alpha value is -1.38. The molecule has 1 aliphatic heterocycles. The summed E-state index contributed by atoms with van der Waals surface area (Å²) in [5.41, 5.74) is -1.86. The van der Waals surface area contributed by atoms with Gasteiger partial charge in [0.1, 0.15) is 0 Å². The number of hydrogen-bond donors (Lipinski definition) is 2. The van der Waals surface area contributed by atoms with Crippen molar-refractivity contribution in [1.29, 1.82) is 5.26 Å². The maximum Gasteiger partial charge on any atom is 0.417 e. The van der Waals surface area contributed by atoms with Gasteiger partial charge in [0.15, 0.2) is 0 Å². The molecule has 0 bridgehead atoms. The van der Waals surface area contributed by atoms with Gasteiger partial charge in [-0.2, -0.15) is 18.4 Å². The number of alkyl halides is 3. The van der Waals surface area contributed by atoms with Crippen LogP contribution in [0.15, 0.2) is 23.1 Å². The number of sulfonamides is 1. The number of nitrogens with one attached hydrogen (secondary N) is 2. The first-order valence-corrected chi connectivity index (χ1v) is 9.26. The van der Waals surface area contributed by atoms with Crippen LogP contribution in [0.5, 0.6) is 0 Å². The van der Waals surface area contributed by atoms with E-state index in [0.717, 1.165) is 38.3 Å². The lowest BCUT2D eigenvalue weighted by molar-refractivity contribution is -0.137. The second-order valence-electron chi connectivity index (χ2n) is 5.66. The van der Waals surface area contributed by atoms with Gasteiger partial charge in [0.05, 0.1) is 22.1 Å². The number of halogens is 4. The summed E-state index contributed by atoms with van der Waals surface area (Å²) in [4.78, 5) is 1.69. The van der Waals surface area contributed by atoms with Gasteiger partial charge in [-0.25, -0.2) is 13.1 Å². The summed E-state index contributed by atoms with van der Waals surface area (Å²) in [6.45, 7) is 4.39. The number of rotatable bonds is 6. The first-order valence-electron chi connectivity index (χ1n) is 7.78. The molecule has 0 aromatic heterocycles. The number of nitrogens with zero attached hydrogens (tertiary/aromatic N) is 2. The summed E-state index contributed by atoms with van der Waals surface area (Å²) in [5.74, 6) is 0. The van der Waals surface area contributed by atoms with Crippen LogP contribution >= 0.6 is 12.4 Å². The molecule has 0 saturated carbocycles. The zero-order valence-electron chi connectivity index (χ0n) is 13.8. The predicted molar refractivity (Wildman–Crippen MR) is 92.5 cm³/mol. The van der Waals surface area contributed by atoms with Gasteiger partial charge in [-0.3, -0.25) is 0 Å². The smallest absolute Gasteiger partial charge is 0.314 e. The Kier molecular flexibility index (Phi) is 8.30. The summed E-state index contributed by atoms with van der Waals surface area (Å²) in [6.07, 6.45) is -4.24. The Morgan fingerprint density at radius 1 is 1.27 bits per heavy atom. The topological polar surface area (TPSA) is 85.2 Å². The standard InChI is InChI=1S/C15H19F3N4O2S.ClH/c16-15(17,18)14-10-13(3-2-12(14)11-19)25(23,24)21-4-1-7-22-8-5-20-6-9-22;/h2-3,10,20-21H,1,4-9H2;1H. The Morgan fingerprint density at radius 2 is 1.92 bits per heavy atom. The Bertz CT molecular complexity index is 744. The molecule has 2 rings (SSSR count). The first-order chi connectivity index (χ1) is 11.7. The van der Waals surface area contributed by atoms with Gasteiger partial charge in [-0.15, -0.1) is 12.4 Å². The monoisotopic (exact) mass is 412 g/mol. The Labute approximate surface area is 156 Å². The minimum atomic E-state index is -4.79. The van der Waals surface area contributed by atoms with Crippen molar-refractivity contribution >= 4 is 22.4 Å². The second-order valence-corrected chi connectivity index (χ2v) is 7.43. The second kappa shape index (κ2) is 9.53. The van der Waals surface area contributed by atoms with Gasteiger partial charge < -0.3 is 10.2 Å². The van der Waals surface area contributed by atoms with Crippen LogP contribution in [-0.4, -0.2) is 52.6 Å². The molecule has 0 amide bonds. The van der Waals surface area contributed by atoms with Crippen LogP contribution in [0.4, 0.5) is 13.2 Å². The van der Waals surface area contributed by atoms with Crippen LogP contribution in [-0.2, 0) is 16.2 Å². The van der Waals surface area contributed by atoms with Crippen LogP contribution in [0.2, 0.25) is 0 Å². The third-order valence-electron chi connectivity index (χ3n) is 3.88. The molecule has 0 atom stereocenters. The van der Waals surface area contributed by atoms with Crippen molar-refractivity contribution in [1.82, 2.24) is 14.9 Å². The molecule has 1 saturated heterocycles. The molecular weight excluding hydrogens is 393 g/mol. The van der Waals surface area contributed by atoms with Gasteiger partial charge in [-0.1, -0.05) is 0 Å². The van der Waals surface area contributed by atoms with E-state index in [1.54, 1.807) is 0 Å². The SMILES string of the molecule is Cl.N#Cc1ccc(S(=O)(=O)NCCCN2CCNCC2)cc1C(F)(F)F. The average molecular weight is 413 g/mol. The van der Waals surface area contributed by atoms with Crippen molar-refractivity contribution in [3.05, 3.63) is 29.3 Å². The summed E-state index contributed by atoms with van der Waals surface area (Å²) in [7, 11) is -4.06. The van der Waals surface area contributed by atoms with E-state index in [1.807, 2.05) is 0 Å². The van der Waals surface area contributed by atoms with E-state index in [0.29, 0.717) is 19.0 Å². The average Bonchev–Trinajstić information content (AvgIpc) is 2.58. The molecule has 1 aliphatic rings. The van der Waals surface area contributed by atoms with Crippen molar-refractivity contribution < 1.29 is 21.6 Å². The third-order valence-corrected chi connectivity index (χ3v) is 5.34. The molecule has 146 valence electrons. The van der Waals surface area contributed by atoms with Crippen molar-refractivity contribution in [3.63, 3.8) is 0 Å². The van der Waals surface area contributed by atoms with Crippen molar-refractivity contribution in [2.24, 2.45) is 0 Å². The number of nitriles is 1. The zero-order chi connectivity index (χ0) is 18.5. The van der Waals surface area contributed by atoms with E-state index in [2.05, 4.69) is 14.9 Å². The van der Waals surface area contributed by atoms with Gasteiger partial charge >= 0.3 is 6.18 Å². The summed E-state index contributed by atoms with van der Waals surface area (Å²) in [6, 6.07) is 3.80. The van der Waals surface area contributed by atoms with Crippen LogP contribution in [0.1, 0.15) is 17.5 Å². The maximum atomic E-state index is 12.9. The van der Waals surface area contributed by atoms with Crippen LogP contribution in [0.3, 0.4) is 0 Å². The van der Waals surface area contributed by atoms with E-state index >= 15 is 0 Å². The van der Waals surface area contributed by atoms with Crippen molar-refractivity contribution in [2.75, 3.05) is 39.3 Å². The molecular formula is C15H20ClF3N4O2S. The molecule has 11 heteroatoms. The van der Waals surface area contributed by atoms with Gasteiger partial charge in [0.25, 0.3) is 0 Å².